The second kappa shape index (κ2) is 4.82. The fraction of sp³-hybridized carbons (Fsp3) is 0.231. The maximum atomic E-state index is 10.8. The molecule has 0 saturated heterocycles. The first kappa shape index (κ1) is 11.4. The third-order valence-electron chi connectivity index (χ3n) is 2.53. The van der Waals surface area contributed by atoms with E-state index in [1.165, 1.54) is 17.2 Å². The summed E-state index contributed by atoms with van der Waals surface area (Å²) in [4.78, 5) is 10.8. The number of aromatic nitrogens is 2. The number of hydrogen-bond acceptors (Lipinski definition) is 3. The summed E-state index contributed by atoms with van der Waals surface area (Å²) in [5.41, 5.74) is 3.30. The van der Waals surface area contributed by atoms with Gasteiger partial charge in [0.05, 0.1) is 0 Å². The molecule has 4 nitrogen and oxygen atoms in total. The lowest BCUT2D eigenvalue weighted by Crippen LogP contribution is -2.07. The summed E-state index contributed by atoms with van der Waals surface area (Å²) in [6.45, 7) is 4.55. The molecular formula is C13H14N2O2. The number of aromatic amines is 1. The minimum absolute atomic E-state index is 0.233. The summed E-state index contributed by atoms with van der Waals surface area (Å²) >= 11 is 0. The van der Waals surface area contributed by atoms with Gasteiger partial charge in [-0.2, -0.15) is 0 Å². The number of H-pyrrole nitrogens is 1. The van der Waals surface area contributed by atoms with Crippen LogP contribution in [0.4, 0.5) is 0 Å². The Balaban J connectivity index is 2.07. The Hall–Kier alpha value is -2.10. The number of rotatable bonds is 3. The highest BCUT2D eigenvalue weighted by molar-refractivity contribution is 5.30. The van der Waals surface area contributed by atoms with Gasteiger partial charge >= 0.3 is 0 Å². The highest BCUT2D eigenvalue weighted by Crippen LogP contribution is 2.13. The van der Waals surface area contributed by atoms with Crippen LogP contribution in [0.5, 0.6) is 5.88 Å². The van der Waals surface area contributed by atoms with Crippen LogP contribution in [0.25, 0.3) is 0 Å². The molecule has 2 aromatic rings. The Morgan fingerprint density at radius 3 is 2.71 bits per heavy atom. The van der Waals surface area contributed by atoms with Gasteiger partial charge in [0, 0.05) is 12.1 Å². The van der Waals surface area contributed by atoms with Gasteiger partial charge in [-0.25, -0.2) is 5.10 Å². The number of nitrogens with zero attached hydrogens (tertiary/aromatic N) is 1. The van der Waals surface area contributed by atoms with Crippen molar-refractivity contribution in [1.29, 1.82) is 0 Å². The molecule has 1 heterocycles. The second-order valence-corrected chi connectivity index (χ2v) is 3.98. The van der Waals surface area contributed by atoms with E-state index < -0.39 is 0 Å². The van der Waals surface area contributed by atoms with E-state index in [0.717, 1.165) is 5.56 Å². The van der Waals surface area contributed by atoms with E-state index >= 15 is 0 Å². The Labute approximate surface area is 99.3 Å². The van der Waals surface area contributed by atoms with E-state index in [-0.39, 0.29) is 5.56 Å². The maximum Gasteiger partial charge on any atom is 0.264 e. The van der Waals surface area contributed by atoms with Crippen molar-refractivity contribution in [3.8, 4) is 5.88 Å². The van der Waals surface area contributed by atoms with Crippen LogP contribution >= 0.6 is 0 Å². The Morgan fingerprint density at radius 2 is 2.06 bits per heavy atom. The number of aryl methyl sites for hydroxylation is 2. The van der Waals surface area contributed by atoms with Gasteiger partial charge < -0.3 is 4.74 Å². The van der Waals surface area contributed by atoms with Crippen LogP contribution in [-0.2, 0) is 6.61 Å². The van der Waals surface area contributed by atoms with Gasteiger partial charge in [0.2, 0.25) is 5.88 Å². The fourth-order valence-corrected chi connectivity index (χ4v) is 1.57. The molecule has 0 atom stereocenters. The third kappa shape index (κ3) is 2.93. The van der Waals surface area contributed by atoms with Crippen molar-refractivity contribution < 1.29 is 4.74 Å². The zero-order valence-corrected chi connectivity index (χ0v) is 9.86. The molecule has 1 aromatic carbocycles. The molecule has 0 unspecified atom stereocenters. The number of ether oxygens (including phenoxy) is 1. The molecule has 0 spiro atoms. The van der Waals surface area contributed by atoms with Gasteiger partial charge in [0.25, 0.3) is 5.56 Å². The molecule has 0 amide bonds. The standard InChI is InChI=1S/C13H14N2O2/c1-9-3-4-11(10(2)7-9)8-17-13-6-5-12(16)14-15-13/h3-7H,8H2,1-2H3,(H,14,16). The first-order valence-corrected chi connectivity index (χ1v) is 5.40. The number of nitrogens with one attached hydrogen (secondary N) is 1. The van der Waals surface area contributed by atoms with Gasteiger partial charge in [0.1, 0.15) is 6.61 Å². The molecule has 0 fully saturated rings. The average Bonchev–Trinajstić information content (AvgIpc) is 2.30. The fourth-order valence-electron chi connectivity index (χ4n) is 1.57. The maximum absolute atomic E-state index is 10.8. The van der Waals surface area contributed by atoms with E-state index in [0.29, 0.717) is 12.5 Å². The second-order valence-electron chi connectivity index (χ2n) is 3.98. The van der Waals surface area contributed by atoms with Crippen molar-refractivity contribution in [3.05, 3.63) is 57.4 Å². The van der Waals surface area contributed by atoms with Gasteiger partial charge in [-0.3, -0.25) is 4.79 Å². The van der Waals surface area contributed by atoms with E-state index in [1.54, 1.807) is 6.07 Å². The summed E-state index contributed by atoms with van der Waals surface area (Å²) in [6, 6.07) is 9.15. The lowest BCUT2D eigenvalue weighted by molar-refractivity contribution is 0.289. The van der Waals surface area contributed by atoms with Crippen molar-refractivity contribution in [2.75, 3.05) is 0 Å². The van der Waals surface area contributed by atoms with E-state index in [4.69, 9.17) is 4.74 Å². The molecule has 0 aliphatic rings. The molecule has 0 saturated carbocycles. The minimum Gasteiger partial charge on any atom is -0.472 e. The smallest absolute Gasteiger partial charge is 0.264 e. The van der Waals surface area contributed by atoms with E-state index in [1.807, 2.05) is 19.1 Å². The monoisotopic (exact) mass is 230 g/mol. The molecule has 0 bridgehead atoms. The predicted octanol–water partition coefficient (Wildman–Crippen LogP) is 1.97. The molecule has 4 heteroatoms. The Kier molecular flexibility index (Phi) is 3.23. The van der Waals surface area contributed by atoms with Crippen LogP contribution in [0, 0.1) is 13.8 Å². The lowest BCUT2D eigenvalue weighted by atomic mass is 10.1. The third-order valence-corrected chi connectivity index (χ3v) is 2.53. The molecule has 2 rings (SSSR count). The first-order valence-electron chi connectivity index (χ1n) is 5.40. The van der Waals surface area contributed by atoms with Crippen LogP contribution < -0.4 is 10.3 Å². The summed E-state index contributed by atoms with van der Waals surface area (Å²) in [6.07, 6.45) is 0. The molecule has 1 N–H and O–H groups in total. The van der Waals surface area contributed by atoms with Gasteiger partial charge in [-0.15, -0.1) is 5.10 Å². The summed E-state index contributed by atoms with van der Waals surface area (Å²) in [7, 11) is 0. The number of hydrogen-bond donors (Lipinski definition) is 1. The Bertz CT molecular complexity index is 555. The van der Waals surface area contributed by atoms with Crippen molar-refractivity contribution in [2.24, 2.45) is 0 Å². The average molecular weight is 230 g/mol. The Morgan fingerprint density at radius 1 is 1.24 bits per heavy atom. The topological polar surface area (TPSA) is 55.0 Å². The highest BCUT2D eigenvalue weighted by atomic mass is 16.5. The van der Waals surface area contributed by atoms with Crippen LogP contribution in [0.15, 0.2) is 35.1 Å². The minimum atomic E-state index is -0.233. The van der Waals surface area contributed by atoms with E-state index in [2.05, 4.69) is 23.2 Å². The van der Waals surface area contributed by atoms with Crippen LogP contribution in [0.2, 0.25) is 0 Å². The molecule has 0 aliphatic carbocycles. The van der Waals surface area contributed by atoms with Crippen molar-refractivity contribution in [3.63, 3.8) is 0 Å². The lowest BCUT2D eigenvalue weighted by Gasteiger charge is -2.08. The SMILES string of the molecule is Cc1ccc(COc2ccc(=O)[nH]n2)c(C)c1. The first-order chi connectivity index (χ1) is 8.15. The molecular weight excluding hydrogens is 216 g/mol. The van der Waals surface area contributed by atoms with Gasteiger partial charge in [-0.1, -0.05) is 23.8 Å². The molecule has 0 radical (unpaired) electrons. The van der Waals surface area contributed by atoms with Crippen LogP contribution in [-0.4, -0.2) is 10.2 Å². The van der Waals surface area contributed by atoms with Crippen molar-refractivity contribution in [1.82, 2.24) is 10.2 Å². The molecule has 17 heavy (non-hydrogen) atoms. The van der Waals surface area contributed by atoms with Crippen LogP contribution in [0.3, 0.4) is 0 Å². The van der Waals surface area contributed by atoms with Gasteiger partial charge in [-0.05, 0) is 25.0 Å². The molecule has 0 aliphatic heterocycles. The van der Waals surface area contributed by atoms with E-state index in [9.17, 15) is 4.79 Å². The normalized spacial score (nSPS) is 10.2. The number of benzene rings is 1. The van der Waals surface area contributed by atoms with Crippen LogP contribution in [0.1, 0.15) is 16.7 Å². The predicted molar refractivity (Wildman–Crippen MR) is 65.1 cm³/mol. The quantitative estimate of drug-likeness (QED) is 0.877. The molecule has 88 valence electrons. The highest BCUT2D eigenvalue weighted by Gasteiger charge is 2.01. The zero-order valence-electron chi connectivity index (χ0n) is 9.86. The summed E-state index contributed by atoms with van der Waals surface area (Å²) in [5, 5.41) is 6.11. The molecule has 1 aromatic heterocycles. The summed E-state index contributed by atoms with van der Waals surface area (Å²) < 4.78 is 5.49. The largest absolute Gasteiger partial charge is 0.472 e. The zero-order chi connectivity index (χ0) is 12.3. The van der Waals surface area contributed by atoms with Crippen molar-refractivity contribution in [2.45, 2.75) is 20.5 Å². The summed E-state index contributed by atoms with van der Waals surface area (Å²) in [5.74, 6) is 0.421. The van der Waals surface area contributed by atoms with Crippen molar-refractivity contribution >= 4 is 0 Å². The van der Waals surface area contributed by atoms with Gasteiger partial charge in [0.15, 0.2) is 0 Å².